The van der Waals surface area contributed by atoms with E-state index in [1.54, 1.807) is 4.90 Å². The number of carbonyl (C=O) groups is 1. The van der Waals surface area contributed by atoms with Crippen molar-refractivity contribution in [2.75, 3.05) is 11.2 Å². The summed E-state index contributed by atoms with van der Waals surface area (Å²) in [7, 11) is 0. The number of rotatable bonds is 2. The molecule has 0 bridgehead atoms. The van der Waals surface area contributed by atoms with Gasteiger partial charge in [-0.3, -0.25) is 9.69 Å². The Morgan fingerprint density at radius 2 is 1.57 bits per heavy atom. The third kappa shape index (κ3) is 2.25. The number of benzene rings is 2. The largest absolute Gasteiger partial charge is 0.271 e. The van der Waals surface area contributed by atoms with E-state index in [0.717, 1.165) is 16.4 Å². The number of anilines is 1. The molecule has 2 aromatic rings. The third-order valence-corrected chi connectivity index (χ3v) is 4.30. The van der Waals surface area contributed by atoms with Gasteiger partial charge in [-0.2, -0.15) is 0 Å². The molecule has 0 spiro atoms. The Kier molecular flexibility index (Phi) is 3.55. The molecule has 106 valence electrons. The maximum absolute atomic E-state index is 13.0. The SMILES string of the molecule is CSC1=NC(C)(c2ccccc2)C(=O)N1c1ccccc1. The first-order valence-corrected chi connectivity index (χ1v) is 7.98. The number of hydrogen-bond acceptors (Lipinski definition) is 3. The van der Waals surface area contributed by atoms with Crippen molar-refractivity contribution in [3.05, 3.63) is 66.2 Å². The van der Waals surface area contributed by atoms with Crippen LogP contribution in [0.15, 0.2) is 65.7 Å². The molecule has 1 atom stereocenters. The minimum absolute atomic E-state index is 0.00995. The minimum Gasteiger partial charge on any atom is -0.271 e. The van der Waals surface area contributed by atoms with Crippen molar-refractivity contribution in [1.29, 1.82) is 0 Å². The monoisotopic (exact) mass is 296 g/mol. The summed E-state index contributed by atoms with van der Waals surface area (Å²) in [6, 6.07) is 19.4. The van der Waals surface area contributed by atoms with Gasteiger partial charge in [-0.15, -0.1) is 0 Å². The standard InChI is InChI=1S/C17H16N2OS/c1-17(13-9-5-3-6-10-13)15(20)19(16(18-17)21-2)14-11-7-4-8-12-14/h3-12H,1-2H3. The van der Waals surface area contributed by atoms with Gasteiger partial charge in [0.2, 0.25) is 0 Å². The predicted octanol–water partition coefficient (Wildman–Crippen LogP) is 3.67. The quantitative estimate of drug-likeness (QED) is 0.847. The van der Waals surface area contributed by atoms with Gasteiger partial charge in [-0.25, -0.2) is 4.99 Å². The van der Waals surface area contributed by atoms with Crippen LogP contribution in [-0.2, 0) is 10.3 Å². The lowest BCUT2D eigenvalue weighted by atomic mass is 9.92. The number of nitrogens with zero attached hydrogens (tertiary/aromatic N) is 2. The summed E-state index contributed by atoms with van der Waals surface area (Å²) in [5.74, 6) is -0.00995. The maximum Gasteiger partial charge on any atom is 0.265 e. The molecule has 4 heteroatoms. The normalized spacial score (nSPS) is 21.5. The van der Waals surface area contributed by atoms with Crippen molar-refractivity contribution < 1.29 is 4.79 Å². The van der Waals surface area contributed by atoms with Crippen LogP contribution in [0.3, 0.4) is 0 Å². The molecule has 0 aliphatic carbocycles. The molecule has 1 aliphatic heterocycles. The molecule has 0 radical (unpaired) electrons. The molecule has 2 aromatic carbocycles. The van der Waals surface area contributed by atoms with Gasteiger partial charge >= 0.3 is 0 Å². The highest BCUT2D eigenvalue weighted by Gasteiger charge is 2.46. The zero-order valence-corrected chi connectivity index (χ0v) is 12.8. The van der Waals surface area contributed by atoms with Crippen molar-refractivity contribution in [3.8, 4) is 0 Å². The van der Waals surface area contributed by atoms with Gasteiger partial charge in [-0.1, -0.05) is 60.3 Å². The summed E-state index contributed by atoms with van der Waals surface area (Å²) in [5.41, 5.74) is 0.922. The molecule has 0 saturated carbocycles. The van der Waals surface area contributed by atoms with Crippen LogP contribution in [0, 0.1) is 0 Å². The topological polar surface area (TPSA) is 32.7 Å². The number of para-hydroxylation sites is 1. The van der Waals surface area contributed by atoms with Gasteiger partial charge in [0.1, 0.15) is 0 Å². The second-order valence-electron chi connectivity index (χ2n) is 5.01. The van der Waals surface area contributed by atoms with E-state index in [1.807, 2.05) is 73.8 Å². The summed E-state index contributed by atoms with van der Waals surface area (Å²) < 4.78 is 0. The van der Waals surface area contributed by atoms with Gasteiger partial charge in [-0.05, 0) is 30.9 Å². The van der Waals surface area contributed by atoms with Gasteiger partial charge < -0.3 is 0 Å². The van der Waals surface area contributed by atoms with Crippen LogP contribution in [0.5, 0.6) is 0 Å². The third-order valence-electron chi connectivity index (χ3n) is 3.66. The number of amides is 1. The molecule has 0 aromatic heterocycles. The van der Waals surface area contributed by atoms with Gasteiger partial charge in [0, 0.05) is 0 Å². The fourth-order valence-electron chi connectivity index (χ4n) is 2.49. The van der Waals surface area contributed by atoms with E-state index in [-0.39, 0.29) is 5.91 Å². The summed E-state index contributed by atoms with van der Waals surface area (Å²) in [6.45, 7) is 1.88. The highest BCUT2D eigenvalue weighted by atomic mass is 32.2. The van der Waals surface area contributed by atoms with E-state index in [2.05, 4.69) is 0 Å². The molecule has 1 heterocycles. The Morgan fingerprint density at radius 1 is 1.00 bits per heavy atom. The molecule has 1 amide bonds. The Labute approximate surface area is 128 Å². The van der Waals surface area contributed by atoms with E-state index < -0.39 is 5.54 Å². The predicted molar refractivity (Wildman–Crippen MR) is 88.7 cm³/mol. The van der Waals surface area contributed by atoms with Crippen LogP contribution in [-0.4, -0.2) is 17.3 Å². The van der Waals surface area contributed by atoms with Crippen molar-refractivity contribution in [3.63, 3.8) is 0 Å². The average molecular weight is 296 g/mol. The molecular weight excluding hydrogens is 280 g/mol. The molecule has 1 aliphatic rings. The molecule has 3 nitrogen and oxygen atoms in total. The van der Waals surface area contributed by atoms with Gasteiger partial charge in [0.05, 0.1) is 5.69 Å². The summed E-state index contributed by atoms with van der Waals surface area (Å²) in [6.07, 6.45) is 1.94. The second kappa shape index (κ2) is 5.37. The number of hydrogen-bond donors (Lipinski definition) is 0. The van der Waals surface area contributed by atoms with Crippen LogP contribution in [0.25, 0.3) is 0 Å². The fourth-order valence-corrected chi connectivity index (χ4v) is 3.13. The zero-order chi connectivity index (χ0) is 14.9. The van der Waals surface area contributed by atoms with Crippen molar-refractivity contribution in [2.45, 2.75) is 12.5 Å². The number of thioether (sulfide) groups is 1. The Morgan fingerprint density at radius 3 is 2.14 bits per heavy atom. The highest BCUT2D eigenvalue weighted by molar-refractivity contribution is 8.13. The first-order valence-electron chi connectivity index (χ1n) is 6.76. The van der Waals surface area contributed by atoms with Crippen molar-refractivity contribution in [2.24, 2.45) is 4.99 Å². The lowest BCUT2D eigenvalue weighted by Crippen LogP contribution is -2.38. The summed E-state index contributed by atoms with van der Waals surface area (Å²) in [5, 5.41) is 0.734. The second-order valence-corrected chi connectivity index (χ2v) is 5.79. The molecule has 3 rings (SSSR count). The lowest BCUT2D eigenvalue weighted by Gasteiger charge is -2.23. The van der Waals surface area contributed by atoms with Gasteiger partial charge in [0.15, 0.2) is 10.7 Å². The lowest BCUT2D eigenvalue weighted by molar-refractivity contribution is -0.121. The molecule has 0 saturated heterocycles. The Bertz CT molecular complexity index is 684. The minimum atomic E-state index is -0.852. The first-order chi connectivity index (χ1) is 10.2. The van der Waals surface area contributed by atoms with Crippen LogP contribution < -0.4 is 4.90 Å². The zero-order valence-electron chi connectivity index (χ0n) is 12.0. The van der Waals surface area contributed by atoms with E-state index in [1.165, 1.54) is 11.8 Å². The smallest absolute Gasteiger partial charge is 0.265 e. The molecule has 0 N–H and O–H groups in total. The van der Waals surface area contributed by atoms with Crippen molar-refractivity contribution >= 4 is 28.5 Å². The maximum atomic E-state index is 13.0. The first kappa shape index (κ1) is 13.9. The van der Waals surface area contributed by atoms with Crippen LogP contribution in [0.1, 0.15) is 12.5 Å². The van der Waals surface area contributed by atoms with E-state index in [0.29, 0.717) is 0 Å². The molecule has 21 heavy (non-hydrogen) atoms. The van der Waals surface area contributed by atoms with Crippen LogP contribution in [0.4, 0.5) is 5.69 Å². The highest BCUT2D eigenvalue weighted by Crippen LogP contribution is 2.37. The molecular formula is C17H16N2OS. The number of amidine groups is 1. The molecule has 0 fully saturated rings. The van der Waals surface area contributed by atoms with Crippen LogP contribution in [0.2, 0.25) is 0 Å². The van der Waals surface area contributed by atoms with Crippen LogP contribution >= 0.6 is 11.8 Å². The van der Waals surface area contributed by atoms with E-state index >= 15 is 0 Å². The van der Waals surface area contributed by atoms with E-state index in [4.69, 9.17) is 4.99 Å². The Balaban J connectivity index is 2.08. The average Bonchev–Trinajstić information content (AvgIpc) is 2.81. The fraction of sp³-hybridized carbons (Fsp3) is 0.176. The van der Waals surface area contributed by atoms with Gasteiger partial charge in [0.25, 0.3) is 5.91 Å². The summed E-state index contributed by atoms with van der Waals surface area (Å²) in [4.78, 5) is 19.4. The number of carbonyl (C=O) groups excluding carboxylic acids is 1. The molecule has 1 unspecified atom stereocenters. The number of aliphatic imine (C=N–C) groups is 1. The Hall–Kier alpha value is -2.07. The van der Waals surface area contributed by atoms with Crippen molar-refractivity contribution in [1.82, 2.24) is 0 Å². The summed E-state index contributed by atoms with van der Waals surface area (Å²) >= 11 is 1.49. The van der Waals surface area contributed by atoms with E-state index in [9.17, 15) is 4.79 Å².